The van der Waals surface area contributed by atoms with E-state index in [1.807, 2.05) is 17.8 Å². The largest absolute Gasteiger partial charge is 0.346 e. The van der Waals surface area contributed by atoms with E-state index in [4.69, 9.17) is 0 Å². The van der Waals surface area contributed by atoms with Crippen LogP contribution in [-0.4, -0.2) is 42.8 Å². The summed E-state index contributed by atoms with van der Waals surface area (Å²) in [6, 6.07) is 7.03. The van der Waals surface area contributed by atoms with Crippen molar-refractivity contribution in [1.29, 1.82) is 0 Å². The van der Waals surface area contributed by atoms with Gasteiger partial charge in [-0.05, 0) is 23.8 Å². The quantitative estimate of drug-likeness (QED) is 0.701. The van der Waals surface area contributed by atoms with Crippen molar-refractivity contribution >= 4 is 11.8 Å². The molecular weight excluding hydrogens is 356 g/mol. The molecule has 2 amide bonds. The van der Waals surface area contributed by atoms with Gasteiger partial charge in [0.2, 0.25) is 0 Å². The van der Waals surface area contributed by atoms with Gasteiger partial charge in [0.05, 0.1) is 24.3 Å². The van der Waals surface area contributed by atoms with Crippen molar-refractivity contribution in [2.45, 2.75) is 19.5 Å². The van der Waals surface area contributed by atoms with Gasteiger partial charge in [-0.2, -0.15) is 0 Å². The van der Waals surface area contributed by atoms with Crippen LogP contribution in [0.2, 0.25) is 0 Å². The normalized spacial score (nSPS) is 12.9. The third-order valence-electron chi connectivity index (χ3n) is 4.76. The molecule has 1 aliphatic rings. The summed E-state index contributed by atoms with van der Waals surface area (Å²) in [6.07, 6.45) is 7.44. The van der Waals surface area contributed by atoms with Gasteiger partial charge in [0.15, 0.2) is 0 Å². The first-order valence-electron chi connectivity index (χ1n) is 9.03. The summed E-state index contributed by atoms with van der Waals surface area (Å²) in [6.45, 7) is 1.30. The van der Waals surface area contributed by atoms with Crippen LogP contribution in [0.15, 0.2) is 49.3 Å². The predicted octanol–water partition coefficient (Wildman–Crippen LogP) is 1.34. The summed E-state index contributed by atoms with van der Waals surface area (Å²) in [5.74, 6) is -0.258. The molecule has 0 bridgehead atoms. The lowest BCUT2D eigenvalue weighted by Gasteiger charge is -2.14. The molecule has 3 aromatic rings. The molecule has 0 aliphatic carbocycles. The summed E-state index contributed by atoms with van der Waals surface area (Å²) >= 11 is 0. The topological polar surface area (TPSA) is 93.0 Å². The van der Waals surface area contributed by atoms with E-state index in [1.165, 1.54) is 6.33 Å². The van der Waals surface area contributed by atoms with Crippen LogP contribution in [0.25, 0.3) is 0 Å². The van der Waals surface area contributed by atoms with E-state index in [-0.39, 0.29) is 11.8 Å². The van der Waals surface area contributed by atoms with E-state index in [2.05, 4.69) is 20.3 Å². The molecule has 8 nitrogen and oxygen atoms in total. The van der Waals surface area contributed by atoms with Gasteiger partial charge in [-0.1, -0.05) is 6.07 Å². The second-order valence-electron chi connectivity index (χ2n) is 6.72. The SMILES string of the molecule is Cn1cnc(CCN2Cc3c(C(=O)NCc4ccncn4)cccc3C2=O)c1. The molecule has 142 valence electrons. The number of carbonyl (C=O) groups excluding carboxylic acids is 2. The summed E-state index contributed by atoms with van der Waals surface area (Å²) in [4.78, 5) is 39.4. The van der Waals surface area contributed by atoms with Crippen molar-refractivity contribution in [1.82, 2.24) is 29.7 Å². The number of carbonyl (C=O) groups is 2. The van der Waals surface area contributed by atoms with Crippen LogP contribution in [0.3, 0.4) is 0 Å². The standard InChI is InChI=1S/C20H20N6O2/c1-25-10-15(24-13-25)6-8-26-11-18-16(3-2-4-17(18)20(26)28)19(27)22-9-14-5-7-21-12-23-14/h2-5,7,10,12-13H,6,8-9,11H2,1H3,(H,22,27). The zero-order valence-electron chi connectivity index (χ0n) is 15.5. The number of amides is 2. The fourth-order valence-electron chi connectivity index (χ4n) is 3.32. The Hall–Kier alpha value is -3.55. The van der Waals surface area contributed by atoms with Crippen molar-refractivity contribution in [3.05, 3.63) is 77.4 Å². The van der Waals surface area contributed by atoms with Crippen molar-refractivity contribution in [3.63, 3.8) is 0 Å². The molecule has 0 fully saturated rings. The molecule has 0 unspecified atom stereocenters. The van der Waals surface area contributed by atoms with Crippen LogP contribution in [0, 0.1) is 0 Å². The van der Waals surface area contributed by atoms with Crippen LogP contribution >= 0.6 is 0 Å². The van der Waals surface area contributed by atoms with Gasteiger partial charge < -0.3 is 14.8 Å². The maximum absolute atomic E-state index is 12.7. The van der Waals surface area contributed by atoms with Crippen molar-refractivity contribution < 1.29 is 9.59 Å². The van der Waals surface area contributed by atoms with E-state index >= 15 is 0 Å². The highest BCUT2D eigenvalue weighted by atomic mass is 16.2. The van der Waals surface area contributed by atoms with Crippen LogP contribution in [0.5, 0.6) is 0 Å². The molecule has 1 aliphatic heterocycles. The Kier molecular flexibility index (Phi) is 4.84. The Labute approximate surface area is 162 Å². The second kappa shape index (κ2) is 7.59. The highest BCUT2D eigenvalue weighted by Crippen LogP contribution is 2.26. The van der Waals surface area contributed by atoms with Gasteiger partial charge in [-0.3, -0.25) is 9.59 Å². The number of aryl methyl sites for hydroxylation is 1. The molecule has 1 aromatic carbocycles. The van der Waals surface area contributed by atoms with Gasteiger partial charge in [0.25, 0.3) is 11.8 Å². The lowest BCUT2D eigenvalue weighted by atomic mass is 10.0. The molecule has 2 aromatic heterocycles. The molecule has 0 atom stereocenters. The molecule has 4 rings (SSSR count). The molecule has 8 heteroatoms. The number of imidazole rings is 1. The number of rotatable bonds is 6. The lowest BCUT2D eigenvalue weighted by Crippen LogP contribution is -2.27. The third-order valence-corrected chi connectivity index (χ3v) is 4.76. The number of fused-ring (bicyclic) bond motifs is 1. The molecule has 1 N–H and O–H groups in total. The highest BCUT2D eigenvalue weighted by Gasteiger charge is 2.30. The minimum absolute atomic E-state index is 0.0450. The summed E-state index contributed by atoms with van der Waals surface area (Å²) in [7, 11) is 1.92. The zero-order valence-corrected chi connectivity index (χ0v) is 15.5. The van der Waals surface area contributed by atoms with E-state index in [0.717, 1.165) is 17.0 Å². The van der Waals surface area contributed by atoms with Gasteiger partial charge >= 0.3 is 0 Å². The lowest BCUT2D eigenvalue weighted by molar-refractivity contribution is 0.0778. The van der Waals surface area contributed by atoms with Crippen molar-refractivity contribution in [3.8, 4) is 0 Å². The summed E-state index contributed by atoms with van der Waals surface area (Å²) < 4.78 is 1.88. The first kappa shape index (κ1) is 17.8. The summed E-state index contributed by atoms with van der Waals surface area (Å²) in [5.41, 5.74) is 3.56. The number of nitrogens with one attached hydrogen (secondary N) is 1. The maximum Gasteiger partial charge on any atom is 0.254 e. The minimum atomic E-state index is -0.213. The Bertz CT molecular complexity index is 1010. The molecule has 0 radical (unpaired) electrons. The fraction of sp³-hybridized carbons (Fsp3) is 0.250. The van der Waals surface area contributed by atoms with Gasteiger partial charge in [-0.25, -0.2) is 15.0 Å². The zero-order chi connectivity index (χ0) is 19.5. The number of aromatic nitrogens is 4. The Morgan fingerprint density at radius 1 is 1.21 bits per heavy atom. The van der Waals surface area contributed by atoms with Crippen LogP contribution in [0.1, 0.15) is 37.7 Å². The second-order valence-corrected chi connectivity index (χ2v) is 6.72. The third kappa shape index (κ3) is 3.62. The van der Waals surface area contributed by atoms with E-state index in [9.17, 15) is 9.59 Å². The number of hydrogen-bond acceptors (Lipinski definition) is 5. The van der Waals surface area contributed by atoms with Crippen molar-refractivity contribution in [2.75, 3.05) is 6.54 Å². The van der Waals surface area contributed by atoms with Gasteiger partial charge in [0.1, 0.15) is 6.33 Å². The smallest absolute Gasteiger partial charge is 0.254 e. The Morgan fingerprint density at radius 2 is 2.11 bits per heavy atom. The Morgan fingerprint density at radius 3 is 2.86 bits per heavy atom. The molecule has 0 spiro atoms. The molecule has 3 heterocycles. The number of benzene rings is 1. The molecular formula is C20H20N6O2. The fourth-order valence-corrected chi connectivity index (χ4v) is 3.32. The van der Waals surface area contributed by atoms with Gasteiger partial charge in [-0.15, -0.1) is 0 Å². The first-order chi connectivity index (χ1) is 13.6. The van der Waals surface area contributed by atoms with E-state index in [1.54, 1.807) is 41.7 Å². The molecule has 0 saturated carbocycles. The maximum atomic E-state index is 12.7. The Balaban J connectivity index is 1.45. The minimum Gasteiger partial charge on any atom is -0.346 e. The average Bonchev–Trinajstić information content (AvgIpc) is 3.28. The highest BCUT2D eigenvalue weighted by molar-refractivity contribution is 6.04. The predicted molar refractivity (Wildman–Crippen MR) is 101 cm³/mol. The number of nitrogens with zero attached hydrogens (tertiary/aromatic N) is 5. The van der Waals surface area contributed by atoms with Gasteiger partial charge in [0, 0.05) is 50.1 Å². The average molecular weight is 376 g/mol. The van der Waals surface area contributed by atoms with Crippen LogP contribution < -0.4 is 5.32 Å². The van der Waals surface area contributed by atoms with E-state index in [0.29, 0.717) is 37.2 Å². The van der Waals surface area contributed by atoms with Crippen molar-refractivity contribution in [2.24, 2.45) is 7.05 Å². The van der Waals surface area contributed by atoms with E-state index < -0.39 is 0 Å². The first-order valence-corrected chi connectivity index (χ1v) is 9.03. The monoisotopic (exact) mass is 376 g/mol. The van der Waals surface area contributed by atoms with Crippen LogP contribution in [-0.2, 0) is 26.6 Å². The summed E-state index contributed by atoms with van der Waals surface area (Å²) in [5, 5.41) is 2.86. The molecule has 0 saturated heterocycles. The van der Waals surface area contributed by atoms with Crippen LogP contribution in [0.4, 0.5) is 0 Å². The molecule has 28 heavy (non-hydrogen) atoms. The number of hydrogen-bond donors (Lipinski definition) is 1.